The highest BCUT2D eigenvalue weighted by molar-refractivity contribution is 5.90. The Morgan fingerprint density at radius 1 is 1.03 bits per heavy atom. The molecule has 1 saturated heterocycles. The van der Waals surface area contributed by atoms with Crippen LogP contribution in [0.25, 0.3) is 0 Å². The minimum absolute atomic E-state index is 0.0552. The molecule has 2 heterocycles. The SMILES string of the molecule is CN[C@@H](C)C(=O)N[C@@H](CCc1ccccc1)C(=O)N1CCCC1c1cncc(Cc2ccccc2)n1. The first-order valence-electron chi connectivity index (χ1n) is 12.7. The number of aryl methyl sites for hydroxylation is 1. The third-order valence-corrected chi connectivity index (χ3v) is 6.81. The Morgan fingerprint density at radius 2 is 1.72 bits per heavy atom. The van der Waals surface area contributed by atoms with Crippen LogP contribution in [0.5, 0.6) is 0 Å². The number of carbonyl (C=O) groups is 2. The lowest BCUT2D eigenvalue weighted by atomic mass is 10.0. The van der Waals surface area contributed by atoms with Crippen LogP contribution in [0.15, 0.2) is 73.1 Å². The molecule has 0 radical (unpaired) electrons. The second-order valence-corrected chi connectivity index (χ2v) is 9.38. The van der Waals surface area contributed by atoms with Crippen molar-refractivity contribution in [2.45, 2.75) is 57.2 Å². The van der Waals surface area contributed by atoms with Gasteiger partial charge in [0.15, 0.2) is 0 Å². The van der Waals surface area contributed by atoms with Crippen molar-refractivity contribution in [2.75, 3.05) is 13.6 Å². The quantitative estimate of drug-likeness (QED) is 0.459. The first-order chi connectivity index (χ1) is 17.5. The Morgan fingerprint density at radius 3 is 2.42 bits per heavy atom. The maximum atomic E-state index is 13.8. The van der Waals surface area contributed by atoms with Gasteiger partial charge in [0, 0.05) is 19.2 Å². The molecular formula is C29H35N5O2. The minimum atomic E-state index is -0.602. The second kappa shape index (κ2) is 12.4. The van der Waals surface area contributed by atoms with E-state index in [2.05, 4.69) is 27.8 Å². The van der Waals surface area contributed by atoms with E-state index in [-0.39, 0.29) is 23.9 Å². The highest BCUT2D eigenvalue weighted by Crippen LogP contribution is 2.31. The van der Waals surface area contributed by atoms with Gasteiger partial charge >= 0.3 is 0 Å². The lowest BCUT2D eigenvalue weighted by Gasteiger charge is -2.30. The zero-order valence-corrected chi connectivity index (χ0v) is 21.1. The van der Waals surface area contributed by atoms with E-state index in [0.717, 1.165) is 29.8 Å². The van der Waals surface area contributed by atoms with Gasteiger partial charge in [-0.25, -0.2) is 0 Å². The van der Waals surface area contributed by atoms with Crippen molar-refractivity contribution in [1.82, 2.24) is 25.5 Å². The molecule has 2 amide bonds. The topological polar surface area (TPSA) is 87.2 Å². The van der Waals surface area contributed by atoms with Gasteiger partial charge in [-0.1, -0.05) is 60.7 Å². The number of likely N-dealkylation sites (tertiary alicyclic amines) is 1. The third kappa shape index (κ3) is 6.55. The largest absolute Gasteiger partial charge is 0.343 e. The maximum Gasteiger partial charge on any atom is 0.245 e. The molecule has 3 aromatic rings. The van der Waals surface area contributed by atoms with Crippen LogP contribution >= 0.6 is 0 Å². The molecule has 7 nitrogen and oxygen atoms in total. The van der Waals surface area contributed by atoms with Crippen LogP contribution < -0.4 is 10.6 Å². The number of rotatable bonds is 10. The average Bonchev–Trinajstić information content (AvgIpc) is 3.41. The molecule has 0 saturated carbocycles. The van der Waals surface area contributed by atoms with Gasteiger partial charge in [0.25, 0.3) is 0 Å². The summed E-state index contributed by atoms with van der Waals surface area (Å²) < 4.78 is 0. The molecule has 2 aromatic carbocycles. The van der Waals surface area contributed by atoms with E-state index in [9.17, 15) is 9.59 Å². The van der Waals surface area contributed by atoms with Gasteiger partial charge in [-0.05, 0) is 50.8 Å². The predicted octanol–water partition coefficient (Wildman–Crippen LogP) is 3.46. The lowest BCUT2D eigenvalue weighted by molar-refractivity contribution is -0.137. The fourth-order valence-corrected chi connectivity index (χ4v) is 4.65. The second-order valence-electron chi connectivity index (χ2n) is 9.38. The Bertz CT molecular complexity index is 1140. The molecule has 36 heavy (non-hydrogen) atoms. The molecule has 1 fully saturated rings. The van der Waals surface area contributed by atoms with Gasteiger partial charge in [-0.15, -0.1) is 0 Å². The number of hydrogen-bond donors (Lipinski definition) is 2. The van der Waals surface area contributed by atoms with Crippen molar-refractivity contribution in [2.24, 2.45) is 0 Å². The Kier molecular flexibility index (Phi) is 8.79. The Labute approximate surface area is 213 Å². The van der Waals surface area contributed by atoms with Gasteiger partial charge in [0.1, 0.15) is 6.04 Å². The molecule has 188 valence electrons. The normalized spacial score (nSPS) is 16.9. The van der Waals surface area contributed by atoms with E-state index in [1.165, 1.54) is 5.56 Å². The summed E-state index contributed by atoms with van der Waals surface area (Å²) in [5.74, 6) is -0.232. The summed E-state index contributed by atoms with van der Waals surface area (Å²) in [6, 6.07) is 19.1. The summed E-state index contributed by atoms with van der Waals surface area (Å²) in [4.78, 5) is 37.7. The van der Waals surface area contributed by atoms with E-state index >= 15 is 0 Å². The highest BCUT2D eigenvalue weighted by atomic mass is 16.2. The van der Waals surface area contributed by atoms with Crippen molar-refractivity contribution in [3.05, 3.63) is 95.6 Å². The number of amides is 2. The number of carbonyl (C=O) groups excluding carboxylic acids is 2. The number of nitrogens with zero attached hydrogens (tertiary/aromatic N) is 3. The molecule has 1 unspecified atom stereocenters. The molecule has 0 aliphatic carbocycles. The highest BCUT2D eigenvalue weighted by Gasteiger charge is 2.36. The number of hydrogen-bond acceptors (Lipinski definition) is 5. The zero-order chi connectivity index (χ0) is 25.3. The molecule has 1 aromatic heterocycles. The van der Waals surface area contributed by atoms with Gasteiger partial charge in [-0.2, -0.15) is 0 Å². The molecule has 0 spiro atoms. The van der Waals surface area contributed by atoms with E-state index in [0.29, 0.717) is 25.8 Å². The van der Waals surface area contributed by atoms with Gasteiger partial charge < -0.3 is 15.5 Å². The van der Waals surface area contributed by atoms with Crippen LogP contribution in [0.4, 0.5) is 0 Å². The molecule has 1 aliphatic rings. The zero-order valence-electron chi connectivity index (χ0n) is 21.1. The van der Waals surface area contributed by atoms with Crippen LogP contribution in [0.1, 0.15) is 54.7 Å². The molecule has 3 atom stereocenters. The van der Waals surface area contributed by atoms with E-state index in [4.69, 9.17) is 4.98 Å². The Hall–Kier alpha value is -3.58. The number of nitrogens with one attached hydrogen (secondary N) is 2. The molecule has 2 N–H and O–H groups in total. The van der Waals surface area contributed by atoms with Crippen LogP contribution in [0, 0.1) is 0 Å². The van der Waals surface area contributed by atoms with E-state index in [1.807, 2.05) is 53.4 Å². The summed E-state index contributed by atoms with van der Waals surface area (Å²) in [6.45, 7) is 2.44. The number of benzene rings is 2. The lowest BCUT2D eigenvalue weighted by Crippen LogP contribution is -2.52. The summed E-state index contributed by atoms with van der Waals surface area (Å²) in [6.07, 6.45) is 7.23. The predicted molar refractivity (Wildman–Crippen MR) is 140 cm³/mol. The molecule has 4 rings (SSSR count). The van der Waals surface area contributed by atoms with Crippen LogP contribution in [-0.2, 0) is 22.4 Å². The molecule has 1 aliphatic heterocycles. The monoisotopic (exact) mass is 485 g/mol. The van der Waals surface area contributed by atoms with Gasteiger partial charge in [-0.3, -0.25) is 19.6 Å². The fraction of sp³-hybridized carbons (Fsp3) is 0.379. The smallest absolute Gasteiger partial charge is 0.245 e. The maximum absolute atomic E-state index is 13.8. The standard InChI is InChI=1S/C29H35N5O2/c1-21(30-2)28(35)33-25(16-15-22-10-5-3-6-11-22)29(36)34-17-9-14-27(34)26-20-31-19-24(32-26)18-23-12-7-4-8-13-23/h3-8,10-13,19-21,25,27,30H,9,14-18H2,1-2H3,(H,33,35)/t21-,25-,27?/m0/s1. The van der Waals surface area contributed by atoms with Gasteiger partial charge in [0.05, 0.1) is 29.7 Å². The average molecular weight is 486 g/mol. The first kappa shape index (κ1) is 25.5. The van der Waals surface area contributed by atoms with Crippen LogP contribution in [0.3, 0.4) is 0 Å². The number of likely N-dealkylation sites (N-methyl/N-ethyl adjacent to an activating group) is 1. The molecular weight excluding hydrogens is 450 g/mol. The van der Waals surface area contributed by atoms with E-state index < -0.39 is 6.04 Å². The first-order valence-corrected chi connectivity index (χ1v) is 12.7. The van der Waals surface area contributed by atoms with E-state index in [1.54, 1.807) is 26.4 Å². The third-order valence-electron chi connectivity index (χ3n) is 6.81. The summed E-state index contributed by atoms with van der Waals surface area (Å²) in [5, 5.41) is 5.96. The van der Waals surface area contributed by atoms with Crippen LogP contribution in [-0.4, -0.2) is 52.4 Å². The van der Waals surface area contributed by atoms with Crippen molar-refractivity contribution in [3.8, 4) is 0 Å². The summed E-state index contributed by atoms with van der Waals surface area (Å²) in [5.41, 5.74) is 4.01. The van der Waals surface area contributed by atoms with Crippen molar-refractivity contribution >= 4 is 11.8 Å². The van der Waals surface area contributed by atoms with Gasteiger partial charge in [0.2, 0.25) is 11.8 Å². The summed E-state index contributed by atoms with van der Waals surface area (Å²) >= 11 is 0. The van der Waals surface area contributed by atoms with Crippen molar-refractivity contribution in [1.29, 1.82) is 0 Å². The van der Waals surface area contributed by atoms with Crippen molar-refractivity contribution in [3.63, 3.8) is 0 Å². The molecule has 7 heteroatoms. The number of aromatic nitrogens is 2. The minimum Gasteiger partial charge on any atom is -0.343 e. The summed E-state index contributed by atoms with van der Waals surface area (Å²) in [7, 11) is 1.74. The molecule has 0 bridgehead atoms. The Balaban J connectivity index is 1.51. The fourth-order valence-electron chi connectivity index (χ4n) is 4.65. The van der Waals surface area contributed by atoms with Crippen molar-refractivity contribution < 1.29 is 9.59 Å². The van der Waals surface area contributed by atoms with Crippen LogP contribution in [0.2, 0.25) is 0 Å².